The average molecular weight is 248 g/mol. The summed E-state index contributed by atoms with van der Waals surface area (Å²) < 4.78 is 1.43. The maximum absolute atomic E-state index is 11.8. The van der Waals surface area contributed by atoms with Crippen LogP contribution in [0.4, 0.5) is 0 Å². The number of aromatic nitrogens is 1. The second-order valence-corrected chi connectivity index (χ2v) is 4.68. The quantitative estimate of drug-likeness (QED) is 0.763. The van der Waals surface area contributed by atoms with E-state index in [2.05, 4.69) is 0 Å². The van der Waals surface area contributed by atoms with Gasteiger partial charge in [0.05, 0.1) is 0 Å². The molecule has 1 aromatic heterocycles. The van der Waals surface area contributed by atoms with Gasteiger partial charge in [0, 0.05) is 37.8 Å². The number of rotatable bonds is 2. The summed E-state index contributed by atoms with van der Waals surface area (Å²) in [7, 11) is 3.29. The number of ketones is 1. The van der Waals surface area contributed by atoms with E-state index in [0.29, 0.717) is 24.1 Å². The first-order valence-corrected chi connectivity index (χ1v) is 5.97. The molecule has 0 unspecified atom stereocenters. The van der Waals surface area contributed by atoms with Crippen LogP contribution in [0.2, 0.25) is 0 Å². The van der Waals surface area contributed by atoms with Gasteiger partial charge in [-0.25, -0.2) is 0 Å². The predicted molar refractivity (Wildman–Crippen MR) is 66.7 cm³/mol. The molecule has 1 aliphatic rings. The molecule has 1 amide bonds. The Balaban J connectivity index is 2.46. The first kappa shape index (κ1) is 12.5. The van der Waals surface area contributed by atoms with Crippen LogP contribution in [0.1, 0.15) is 28.9 Å². The Labute approximate surface area is 105 Å². The van der Waals surface area contributed by atoms with E-state index in [1.807, 2.05) is 0 Å². The molecule has 18 heavy (non-hydrogen) atoms. The Morgan fingerprint density at radius 3 is 2.67 bits per heavy atom. The maximum Gasteiger partial charge on any atom is 0.251 e. The largest absolute Gasteiger partial charge is 0.347 e. The molecule has 0 fully saturated rings. The maximum atomic E-state index is 11.8. The van der Waals surface area contributed by atoms with E-state index < -0.39 is 0 Å². The summed E-state index contributed by atoms with van der Waals surface area (Å²) in [6, 6.07) is 2.95. The topological polar surface area (TPSA) is 59.4 Å². The fourth-order valence-corrected chi connectivity index (χ4v) is 2.14. The molecule has 5 nitrogen and oxygen atoms in total. The summed E-state index contributed by atoms with van der Waals surface area (Å²) in [6.07, 6.45) is 1.94. The Bertz CT molecular complexity index is 558. The lowest BCUT2D eigenvalue weighted by atomic mass is 9.94. The molecule has 5 heteroatoms. The van der Waals surface area contributed by atoms with Gasteiger partial charge in [-0.2, -0.15) is 0 Å². The van der Waals surface area contributed by atoms with Crippen molar-refractivity contribution in [2.45, 2.75) is 25.8 Å². The van der Waals surface area contributed by atoms with Gasteiger partial charge in [-0.3, -0.25) is 14.4 Å². The normalized spacial score (nSPS) is 14.2. The molecule has 0 radical (unpaired) electrons. The highest BCUT2D eigenvalue weighted by Crippen LogP contribution is 2.19. The van der Waals surface area contributed by atoms with Gasteiger partial charge in [0.15, 0.2) is 5.78 Å². The first-order valence-electron chi connectivity index (χ1n) is 5.97. The second-order valence-electron chi connectivity index (χ2n) is 4.68. The Morgan fingerprint density at radius 2 is 2.00 bits per heavy atom. The number of Topliss-reactive ketones (excluding diaryl/α,β-unsaturated/α-hetero) is 1. The minimum atomic E-state index is -0.223. The summed E-state index contributed by atoms with van der Waals surface area (Å²) in [5, 5.41) is 0. The van der Waals surface area contributed by atoms with Gasteiger partial charge >= 0.3 is 0 Å². The zero-order valence-electron chi connectivity index (χ0n) is 10.6. The van der Waals surface area contributed by atoms with E-state index in [1.165, 1.54) is 15.5 Å². The molecule has 0 atom stereocenters. The summed E-state index contributed by atoms with van der Waals surface area (Å²) in [4.78, 5) is 36.7. The molecule has 0 N–H and O–H groups in total. The van der Waals surface area contributed by atoms with Crippen LogP contribution in [0.15, 0.2) is 16.9 Å². The smallest absolute Gasteiger partial charge is 0.251 e. The molecule has 0 bridgehead atoms. The van der Waals surface area contributed by atoms with Crippen LogP contribution < -0.4 is 5.56 Å². The molecule has 96 valence electrons. The number of carbonyl (C=O) groups excluding carboxylic acids is 2. The van der Waals surface area contributed by atoms with Crippen LogP contribution in [0.25, 0.3) is 0 Å². The zero-order chi connectivity index (χ0) is 13.3. The van der Waals surface area contributed by atoms with E-state index in [9.17, 15) is 14.4 Å². The highest BCUT2D eigenvalue weighted by atomic mass is 16.2. The van der Waals surface area contributed by atoms with Crippen molar-refractivity contribution in [2.75, 3.05) is 14.1 Å². The van der Waals surface area contributed by atoms with Crippen LogP contribution in [0, 0.1) is 0 Å². The number of likely N-dealkylation sites (N-methyl/N-ethyl adjacent to an activating group) is 1. The molecule has 0 saturated heterocycles. The van der Waals surface area contributed by atoms with Crippen molar-refractivity contribution >= 4 is 11.7 Å². The van der Waals surface area contributed by atoms with Gasteiger partial charge in [-0.1, -0.05) is 0 Å². The molecule has 0 aliphatic heterocycles. The molecule has 0 saturated carbocycles. The van der Waals surface area contributed by atoms with Crippen molar-refractivity contribution in [1.29, 1.82) is 0 Å². The fraction of sp³-hybridized carbons (Fsp3) is 0.462. The van der Waals surface area contributed by atoms with Crippen molar-refractivity contribution in [3.8, 4) is 0 Å². The van der Waals surface area contributed by atoms with Crippen molar-refractivity contribution in [1.82, 2.24) is 9.47 Å². The van der Waals surface area contributed by atoms with Crippen LogP contribution in [0.5, 0.6) is 0 Å². The van der Waals surface area contributed by atoms with Gasteiger partial charge in [0.1, 0.15) is 6.54 Å². The van der Waals surface area contributed by atoms with Gasteiger partial charge in [0.25, 0.3) is 5.56 Å². The Hall–Kier alpha value is -1.91. The number of hydrogen-bond acceptors (Lipinski definition) is 3. The van der Waals surface area contributed by atoms with Crippen molar-refractivity contribution in [3.63, 3.8) is 0 Å². The highest BCUT2D eigenvalue weighted by molar-refractivity contribution is 5.98. The molecule has 1 aromatic rings. The monoisotopic (exact) mass is 248 g/mol. The lowest BCUT2D eigenvalue weighted by molar-refractivity contribution is -0.129. The van der Waals surface area contributed by atoms with Gasteiger partial charge < -0.3 is 9.47 Å². The number of fused-ring (bicyclic) bond motifs is 1. The summed E-state index contributed by atoms with van der Waals surface area (Å²) in [5.41, 5.74) is 1.07. The van der Waals surface area contributed by atoms with E-state index >= 15 is 0 Å². The molecular formula is C13H16N2O3. The zero-order valence-corrected chi connectivity index (χ0v) is 10.6. The average Bonchev–Trinajstić information content (AvgIpc) is 2.32. The minimum absolute atomic E-state index is 0.00227. The first-order chi connectivity index (χ1) is 8.50. The molecule has 0 spiro atoms. The third kappa shape index (κ3) is 2.20. The van der Waals surface area contributed by atoms with Crippen molar-refractivity contribution in [3.05, 3.63) is 33.7 Å². The van der Waals surface area contributed by atoms with Crippen molar-refractivity contribution in [2.24, 2.45) is 0 Å². The van der Waals surface area contributed by atoms with E-state index in [4.69, 9.17) is 0 Å². The molecule has 1 aliphatic carbocycles. The highest BCUT2D eigenvalue weighted by Gasteiger charge is 2.21. The molecule has 0 aromatic carbocycles. The van der Waals surface area contributed by atoms with Gasteiger partial charge in [-0.05, 0) is 18.9 Å². The van der Waals surface area contributed by atoms with Crippen LogP contribution >= 0.6 is 0 Å². The summed E-state index contributed by atoms with van der Waals surface area (Å²) in [5.74, 6) is -0.0918. The van der Waals surface area contributed by atoms with Crippen LogP contribution in [-0.2, 0) is 17.8 Å². The number of pyridine rings is 1. The van der Waals surface area contributed by atoms with Crippen molar-refractivity contribution < 1.29 is 9.59 Å². The van der Waals surface area contributed by atoms with E-state index in [-0.39, 0.29) is 23.8 Å². The number of amides is 1. The third-order valence-electron chi connectivity index (χ3n) is 3.21. The Morgan fingerprint density at radius 1 is 1.28 bits per heavy atom. The molecule has 1 heterocycles. The van der Waals surface area contributed by atoms with Gasteiger partial charge in [-0.15, -0.1) is 0 Å². The van der Waals surface area contributed by atoms with E-state index in [0.717, 1.165) is 6.42 Å². The molecule has 2 rings (SSSR count). The van der Waals surface area contributed by atoms with Crippen LogP contribution in [-0.4, -0.2) is 35.3 Å². The predicted octanol–water partition coefficient (Wildman–Crippen LogP) is 0.455. The van der Waals surface area contributed by atoms with Crippen LogP contribution in [0.3, 0.4) is 0 Å². The lowest BCUT2D eigenvalue weighted by Gasteiger charge is -2.20. The minimum Gasteiger partial charge on any atom is -0.347 e. The Kier molecular flexibility index (Phi) is 3.32. The van der Waals surface area contributed by atoms with E-state index in [1.54, 1.807) is 20.2 Å². The second kappa shape index (κ2) is 4.76. The summed E-state index contributed by atoms with van der Waals surface area (Å²) in [6.45, 7) is 0.00227. The lowest BCUT2D eigenvalue weighted by Crippen LogP contribution is -2.34. The summed E-state index contributed by atoms with van der Waals surface area (Å²) >= 11 is 0. The standard InChI is InChI=1S/C13H16N2O3/c1-14(2)13(18)8-15-10-4-3-5-11(16)9(10)6-7-12(15)17/h6-7H,3-5,8H2,1-2H3. The fourth-order valence-electron chi connectivity index (χ4n) is 2.14. The third-order valence-corrected chi connectivity index (χ3v) is 3.21. The number of carbonyl (C=O) groups is 2. The van der Waals surface area contributed by atoms with Gasteiger partial charge in [0.2, 0.25) is 5.91 Å². The number of hydrogen-bond donors (Lipinski definition) is 0. The molecular weight excluding hydrogens is 232 g/mol. The SMILES string of the molecule is CN(C)C(=O)Cn1c2c(ccc1=O)C(=O)CCC2. The number of nitrogens with zero attached hydrogens (tertiary/aromatic N) is 2.